The second-order valence-electron chi connectivity index (χ2n) is 7.33. The Morgan fingerprint density at radius 1 is 1.32 bits per heavy atom. The van der Waals surface area contributed by atoms with Gasteiger partial charge in [0.1, 0.15) is 5.54 Å². The molecule has 1 saturated carbocycles. The van der Waals surface area contributed by atoms with E-state index in [0.717, 1.165) is 11.1 Å². The van der Waals surface area contributed by atoms with Crippen LogP contribution in [-0.2, 0) is 14.3 Å². The minimum absolute atomic E-state index is 0.0883. The van der Waals surface area contributed by atoms with E-state index in [1.165, 1.54) is 0 Å². The molecule has 1 aliphatic carbocycles. The van der Waals surface area contributed by atoms with Gasteiger partial charge in [0.05, 0.1) is 18.4 Å². The Morgan fingerprint density at radius 2 is 1.93 bits per heavy atom. The van der Waals surface area contributed by atoms with Crippen molar-refractivity contribution in [1.82, 2.24) is 5.32 Å². The predicted octanol–water partition coefficient (Wildman–Crippen LogP) is 4.92. The van der Waals surface area contributed by atoms with Crippen LogP contribution in [0.4, 0.5) is 13.2 Å². The first kappa shape index (κ1) is 22.5. The Kier molecular flexibility index (Phi) is 7.02. The van der Waals surface area contributed by atoms with Gasteiger partial charge in [-0.25, -0.2) is 4.79 Å². The summed E-state index contributed by atoms with van der Waals surface area (Å²) in [7, 11) is 0. The Balaban J connectivity index is 2.21. The van der Waals surface area contributed by atoms with E-state index >= 15 is 0 Å². The number of ether oxygens (including phenoxy) is 1. The number of carbonyl (C=O) groups is 2. The molecule has 4 nitrogen and oxygen atoms in total. The molecule has 0 heterocycles. The first-order chi connectivity index (χ1) is 13.0. The molecule has 0 radical (unpaired) electrons. The van der Waals surface area contributed by atoms with Crippen molar-refractivity contribution in [2.75, 3.05) is 6.61 Å². The van der Waals surface area contributed by atoms with Crippen molar-refractivity contribution >= 4 is 23.5 Å². The Bertz CT molecular complexity index is 728. The van der Waals surface area contributed by atoms with E-state index in [2.05, 4.69) is 5.32 Å². The van der Waals surface area contributed by atoms with Crippen molar-refractivity contribution in [3.63, 3.8) is 0 Å². The molecule has 1 aromatic carbocycles. The van der Waals surface area contributed by atoms with Gasteiger partial charge in [-0.05, 0) is 69.7 Å². The maximum absolute atomic E-state index is 13.0. The van der Waals surface area contributed by atoms with Crippen LogP contribution in [0.3, 0.4) is 0 Å². The summed E-state index contributed by atoms with van der Waals surface area (Å²) in [6.45, 7) is 5.21. The molecule has 0 spiro atoms. The molecule has 1 atom stereocenters. The second kappa shape index (κ2) is 8.72. The summed E-state index contributed by atoms with van der Waals surface area (Å²) in [4.78, 5) is 25.4. The summed E-state index contributed by atoms with van der Waals surface area (Å²) in [6.07, 6.45) is -4.96. The molecule has 0 saturated heterocycles. The number of rotatable bonds is 5. The van der Waals surface area contributed by atoms with Crippen LogP contribution in [0.2, 0.25) is 5.02 Å². The molecule has 0 aromatic heterocycles. The van der Waals surface area contributed by atoms with Crippen LogP contribution in [0.25, 0.3) is 0 Å². The van der Waals surface area contributed by atoms with Crippen molar-refractivity contribution < 1.29 is 27.5 Å². The lowest BCUT2D eigenvalue weighted by Gasteiger charge is -2.39. The van der Waals surface area contributed by atoms with Crippen LogP contribution in [-0.4, -0.2) is 30.2 Å². The fourth-order valence-corrected chi connectivity index (χ4v) is 3.92. The summed E-state index contributed by atoms with van der Waals surface area (Å²) in [5.74, 6) is -3.17. The van der Waals surface area contributed by atoms with Gasteiger partial charge >= 0.3 is 12.1 Å². The molecule has 1 fully saturated rings. The molecule has 1 N–H and O–H groups in total. The van der Waals surface area contributed by atoms with Gasteiger partial charge in [0.2, 0.25) is 5.91 Å². The summed E-state index contributed by atoms with van der Waals surface area (Å²) in [5, 5.41) is 3.26. The monoisotopic (exact) mass is 419 g/mol. The highest BCUT2D eigenvalue weighted by Gasteiger charge is 2.50. The zero-order valence-electron chi connectivity index (χ0n) is 16.2. The molecular formula is C20H25ClF3NO3. The van der Waals surface area contributed by atoms with Crippen LogP contribution in [0, 0.1) is 12.8 Å². The highest BCUT2D eigenvalue weighted by Crippen LogP contribution is 2.42. The SMILES string of the molecule is CCOC(=O)C1(NC(=O)C(C)c2ccc(Cl)cc2C)CCC(C(F)(F)F)CC1. The molecule has 1 amide bonds. The van der Waals surface area contributed by atoms with Gasteiger partial charge < -0.3 is 10.1 Å². The minimum Gasteiger partial charge on any atom is -0.464 e. The van der Waals surface area contributed by atoms with Crippen molar-refractivity contribution in [3.05, 3.63) is 34.3 Å². The van der Waals surface area contributed by atoms with Gasteiger partial charge in [0, 0.05) is 5.02 Å². The van der Waals surface area contributed by atoms with Gasteiger partial charge in [-0.1, -0.05) is 17.7 Å². The molecule has 1 unspecified atom stereocenters. The van der Waals surface area contributed by atoms with Crippen LogP contribution >= 0.6 is 11.6 Å². The quantitative estimate of drug-likeness (QED) is 0.689. The van der Waals surface area contributed by atoms with Crippen LogP contribution in [0.5, 0.6) is 0 Å². The molecule has 1 aliphatic rings. The van der Waals surface area contributed by atoms with Crippen LogP contribution in [0.15, 0.2) is 18.2 Å². The highest BCUT2D eigenvalue weighted by molar-refractivity contribution is 6.30. The first-order valence-electron chi connectivity index (χ1n) is 9.32. The molecule has 1 aromatic rings. The third kappa shape index (κ3) is 4.99. The number of carbonyl (C=O) groups excluding carboxylic acids is 2. The lowest BCUT2D eigenvalue weighted by Crippen LogP contribution is -2.58. The number of halogens is 4. The van der Waals surface area contributed by atoms with Crippen LogP contribution < -0.4 is 5.32 Å². The predicted molar refractivity (Wildman–Crippen MR) is 100 cm³/mol. The maximum Gasteiger partial charge on any atom is 0.391 e. The normalized spacial score (nSPS) is 23.8. The summed E-state index contributed by atoms with van der Waals surface area (Å²) in [5.41, 5.74) is 0.134. The number of hydrogen-bond donors (Lipinski definition) is 1. The topological polar surface area (TPSA) is 55.4 Å². The number of amides is 1. The van der Waals surface area contributed by atoms with E-state index in [1.807, 2.05) is 6.92 Å². The highest BCUT2D eigenvalue weighted by atomic mass is 35.5. The molecule has 156 valence electrons. The largest absolute Gasteiger partial charge is 0.464 e. The lowest BCUT2D eigenvalue weighted by atomic mass is 9.75. The third-order valence-corrected chi connectivity index (χ3v) is 5.66. The van der Waals surface area contributed by atoms with E-state index in [0.29, 0.717) is 5.02 Å². The van der Waals surface area contributed by atoms with Crippen molar-refractivity contribution in [3.8, 4) is 0 Å². The maximum atomic E-state index is 13.0. The van der Waals surface area contributed by atoms with E-state index in [1.54, 1.807) is 32.0 Å². The van der Waals surface area contributed by atoms with E-state index in [9.17, 15) is 22.8 Å². The number of alkyl halides is 3. The summed E-state index contributed by atoms with van der Waals surface area (Å²) >= 11 is 5.95. The molecule has 0 aliphatic heterocycles. The first-order valence-corrected chi connectivity index (χ1v) is 9.70. The van der Waals surface area contributed by atoms with Crippen molar-refractivity contribution in [1.29, 1.82) is 0 Å². The fourth-order valence-electron chi connectivity index (χ4n) is 3.70. The molecule has 2 rings (SSSR count). The summed E-state index contributed by atoms with van der Waals surface area (Å²) in [6, 6.07) is 5.14. The smallest absolute Gasteiger partial charge is 0.391 e. The van der Waals surface area contributed by atoms with Gasteiger partial charge in [0.15, 0.2) is 0 Å². The third-order valence-electron chi connectivity index (χ3n) is 5.42. The summed E-state index contributed by atoms with van der Waals surface area (Å²) < 4.78 is 44.1. The van der Waals surface area contributed by atoms with Crippen molar-refractivity contribution in [2.24, 2.45) is 5.92 Å². The zero-order valence-corrected chi connectivity index (χ0v) is 16.9. The van der Waals surface area contributed by atoms with Crippen LogP contribution in [0.1, 0.15) is 56.6 Å². The van der Waals surface area contributed by atoms with Gasteiger partial charge in [-0.15, -0.1) is 0 Å². The average molecular weight is 420 g/mol. The van der Waals surface area contributed by atoms with Gasteiger partial charge in [-0.3, -0.25) is 4.79 Å². The van der Waals surface area contributed by atoms with Crippen molar-refractivity contribution in [2.45, 2.75) is 64.1 Å². The number of benzene rings is 1. The standard InChI is InChI=1S/C20H25ClF3NO3/c1-4-28-18(27)19(9-7-14(8-10-19)20(22,23)24)25-17(26)13(3)16-6-5-15(21)11-12(16)2/h5-6,11,13-14H,4,7-10H2,1-3H3,(H,25,26). The number of nitrogens with one attached hydrogen (secondary N) is 1. The molecule has 0 bridgehead atoms. The molecule has 8 heteroatoms. The van der Waals surface area contributed by atoms with E-state index in [-0.39, 0.29) is 32.3 Å². The lowest BCUT2D eigenvalue weighted by molar-refractivity contribution is -0.189. The zero-order chi connectivity index (χ0) is 21.1. The Hall–Kier alpha value is -1.76. The molecule has 28 heavy (non-hydrogen) atoms. The molecular weight excluding hydrogens is 395 g/mol. The second-order valence-corrected chi connectivity index (χ2v) is 7.77. The minimum atomic E-state index is -4.31. The number of aryl methyl sites for hydroxylation is 1. The number of hydrogen-bond acceptors (Lipinski definition) is 3. The van der Waals surface area contributed by atoms with E-state index < -0.39 is 35.4 Å². The number of esters is 1. The van der Waals surface area contributed by atoms with Gasteiger partial charge in [-0.2, -0.15) is 13.2 Å². The average Bonchev–Trinajstić information content (AvgIpc) is 2.61. The Labute approximate surface area is 167 Å². The fraction of sp³-hybridized carbons (Fsp3) is 0.600. The van der Waals surface area contributed by atoms with E-state index in [4.69, 9.17) is 16.3 Å². The van der Waals surface area contributed by atoms with Gasteiger partial charge in [0.25, 0.3) is 0 Å². The Morgan fingerprint density at radius 3 is 2.43 bits per heavy atom.